The lowest BCUT2D eigenvalue weighted by Crippen LogP contribution is -2.29. The summed E-state index contributed by atoms with van der Waals surface area (Å²) in [4.78, 5) is 24.6. The molecule has 3 heterocycles. The van der Waals surface area contributed by atoms with Gasteiger partial charge in [0.05, 0.1) is 12.0 Å². The van der Waals surface area contributed by atoms with Crippen molar-refractivity contribution in [1.82, 2.24) is 15.3 Å². The number of aromatic nitrogens is 2. The lowest BCUT2D eigenvalue weighted by atomic mass is 10.2. The van der Waals surface area contributed by atoms with E-state index in [2.05, 4.69) is 20.2 Å². The predicted molar refractivity (Wildman–Crippen MR) is 99.0 cm³/mol. The van der Waals surface area contributed by atoms with Crippen LogP contribution in [0.2, 0.25) is 5.28 Å². The predicted octanol–water partition coefficient (Wildman–Crippen LogP) is 2.26. The summed E-state index contributed by atoms with van der Waals surface area (Å²) in [6.45, 7) is 6.09. The highest BCUT2D eigenvalue weighted by Crippen LogP contribution is 2.36. The van der Waals surface area contributed by atoms with Crippen molar-refractivity contribution in [1.29, 1.82) is 0 Å². The molecule has 7 nitrogen and oxygen atoms in total. The van der Waals surface area contributed by atoms with Crippen molar-refractivity contribution in [3.8, 4) is 0 Å². The third-order valence-electron chi connectivity index (χ3n) is 4.09. The van der Waals surface area contributed by atoms with Crippen LogP contribution < -0.4 is 10.2 Å². The van der Waals surface area contributed by atoms with Gasteiger partial charge in [-0.2, -0.15) is 4.98 Å². The van der Waals surface area contributed by atoms with Gasteiger partial charge in [-0.05, 0) is 37.1 Å². The lowest BCUT2D eigenvalue weighted by molar-refractivity contribution is 0.0393. The number of halogens is 1. The van der Waals surface area contributed by atoms with Crippen molar-refractivity contribution < 1.29 is 14.3 Å². The third-order valence-corrected chi connectivity index (χ3v) is 5.42. The summed E-state index contributed by atoms with van der Waals surface area (Å²) in [6, 6.07) is 0. The second-order valence-corrected chi connectivity index (χ2v) is 7.11. The van der Waals surface area contributed by atoms with Gasteiger partial charge >= 0.3 is 5.97 Å². The number of nitrogens with one attached hydrogen (secondary N) is 1. The van der Waals surface area contributed by atoms with E-state index in [0.29, 0.717) is 16.3 Å². The smallest absolute Gasteiger partial charge is 0.348 e. The second-order valence-electron chi connectivity index (χ2n) is 5.77. The van der Waals surface area contributed by atoms with Gasteiger partial charge in [0.2, 0.25) is 5.28 Å². The molecule has 2 aromatic rings. The average molecular weight is 385 g/mol. The molecule has 0 bridgehead atoms. The van der Waals surface area contributed by atoms with Crippen LogP contribution in [0.25, 0.3) is 10.2 Å². The molecule has 2 aromatic heterocycles. The van der Waals surface area contributed by atoms with Gasteiger partial charge in [-0.3, -0.25) is 0 Å². The number of hydrogen-bond donors (Lipinski definition) is 1. The zero-order valence-corrected chi connectivity index (χ0v) is 15.9. The second kappa shape index (κ2) is 8.27. The van der Waals surface area contributed by atoms with E-state index in [0.717, 1.165) is 49.4 Å². The van der Waals surface area contributed by atoms with Gasteiger partial charge in [-0.1, -0.05) is 0 Å². The van der Waals surface area contributed by atoms with Gasteiger partial charge < -0.3 is 19.7 Å². The Labute approximate surface area is 155 Å². The first kappa shape index (κ1) is 18.3. The first-order valence-corrected chi connectivity index (χ1v) is 9.39. The van der Waals surface area contributed by atoms with E-state index in [1.54, 1.807) is 7.11 Å². The van der Waals surface area contributed by atoms with Gasteiger partial charge in [0, 0.05) is 26.7 Å². The Morgan fingerprint density at radius 1 is 1.32 bits per heavy atom. The van der Waals surface area contributed by atoms with Crippen LogP contribution in [-0.4, -0.2) is 62.4 Å². The minimum atomic E-state index is -0.364. The summed E-state index contributed by atoms with van der Waals surface area (Å²) in [5.74, 6) is 0.431. The highest BCUT2D eigenvalue weighted by atomic mass is 35.5. The molecule has 0 aliphatic carbocycles. The van der Waals surface area contributed by atoms with Crippen LogP contribution in [0.3, 0.4) is 0 Å². The number of ether oxygens (including phenoxy) is 2. The molecule has 0 aromatic carbocycles. The molecule has 0 spiro atoms. The number of rotatable bonds is 5. The topological polar surface area (TPSA) is 76.6 Å². The van der Waals surface area contributed by atoms with Crippen LogP contribution >= 0.6 is 22.9 Å². The summed E-state index contributed by atoms with van der Waals surface area (Å²) in [5, 5.41) is 4.45. The van der Waals surface area contributed by atoms with Gasteiger partial charge in [0.15, 0.2) is 0 Å². The number of hydrogen-bond acceptors (Lipinski definition) is 8. The van der Waals surface area contributed by atoms with Crippen LogP contribution in [-0.2, 0) is 9.47 Å². The summed E-state index contributed by atoms with van der Waals surface area (Å²) in [7, 11) is 1.57. The monoisotopic (exact) mass is 384 g/mol. The maximum Gasteiger partial charge on any atom is 0.348 e. The molecule has 0 radical (unpaired) electrons. The maximum absolute atomic E-state index is 12.4. The van der Waals surface area contributed by atoms with Gasteiger partial charge in [0.1, 0.15) is 22.1 Å². The van der Waals surface area contributed by atoms with Crippen LogP contribution in [0.4, 0.5) is 5.82 Å². The SMILES string of the molecule is COCCOC(=O)c1sc2nc(Cl)nc(N3CCCNCC3)c2c1C. The fourth-order valence-electron chi connectivity index (χ4n) is 2.86. The number of carbonyl (C=O) groups is 1. The number of esters is 1. The van der Waals surface area contributed by atoms with Crippen molar-refractivity contribution in [2.24, 2.45) is 0 Å². The average Bonchev–Trinajstić information content (AvgIpc) is 2.78. The molecule has 136 valence electrons. The van der Waals surface area contributed by atoms with Gasteiger partial charge in [0.25, 0.3) is 0 Å². The minimum Gasteiger partial charge on any atom is -0.459 e. The molecule has 0 unspecified atom stereocenters. The van der Waals surface area contributed by atoms with Gasteiger partial charge in [-0.15, -0.1) is 11.3 Å². The van der Waals surface area contributed by atoms with E-state index in [1.165, 1.54) is 11.3 Å². The molecular weight excluding hydrogens is 364 g/mol. The minimum absolute atomic E-state index is 0.195. The fraction of sp³-hybridized carbons (Fsp3) is 0.562. The highest BCUT2D eigenvalue weighted by Gasteiger charge is 2.24. The Balaban J connectivity index is 1.99. The Morgan fingerprint density at radius 2 is 2.16 bits per heavy atom. The number of carbonyl (C=O) groups excluding carboxylic acids is 1. The molecule has 0 saturated carbocycles. The normalized spacial score (nSPS) is 15.4. The zero-order valence-electron chi connectivity index (χ0n) is 14.3. The summed E-state index contributed by atoms with van der Waals surface area (Å²) in [5.41, 5.74) is 0.839. The molecule has 25 heavy (non-hydrogen) atoms. The third kappa shape index (κ3) is 4.03. The Bertz CT molecular complexity index is 759. The number of methoxy groups -OCH3 is 1. The van der Waals surface area contributed by atoms with Crippen molar-refractivity contribution in [3.05, 3.63) is 15.7 Å². The first-order chi connectivity index (χ1) is 12.1. The molecule has 1 fully saturated rings. The Morgan fingerprint density at radius 3 is 2.96 bits per heavy atom. The van der Waals surface area contributed by atoms with E-state index >= 15 is 0 Å². The zero-order chi connectivity index (χ0) is 17.8. The molecule has 3 rings (SSSR count). The molecule has 0 amide bonds. The quantitative estimate of drug-likeness (QED) is 0.481. The number of thiophene rings is 1. The lowest BCUT2D eigenvalue weighted by Gasteiger charge is -2.22. The van der Waals surface area contributed by atoms with Crippen LogP contribution in [0, 0.1) is 6.92 Å². The van der Waals surface area contributed by atoms with E-state index in [-0.39, 0.29) is 17.9 Å². The van der Waals surface area contributed by atoms with E-state index in [1.807, 2.05) is 6.92 Å². The number of fused-ring (bicyclic) bond motifs is 1. The molecule has 1 aliphatic rings. The van der Waals surface area contributed by atoms with E-state index in [4.69, 9.17) is 21.1 Å². The van der Waals surface area contributed by atoms with E-state index < -0.39 is 0 Å². The molecular formula is C16H21ClN4O3S. The van der Waals surface area contributed by atoms with E-state index in [9.17, 15) is 4.79 Å². The number of anilines is 1. The summed E-state index contributed by atoms with van der Waals surface area (Å²) < 4.78 is 10.2. The maximum atomic E-state index is 12.4. The molecule has 0 atom stereocenters. The van der Waals surface area contributed by atoms with Crippen molar-refractivity contribution in [3.63, 3.8) is 0 Å². The number of nitrogens with zero attached hydrogens (tertiary/aromatic N) is 3. The molecule has 1 N–H and O–H groups in total. The van der Waals surface area contributed by atoms with Gasteiger partial charge in [-0.25, -0.2) is 9.78 Å². The summed E-state index contributed by atoms with van der Waals surface area (Å²) >= 11 is 7.43. The number of aryl methyl sites for hydroxylation is 1. The molecule has 1 saturated heterocycles. The van der Waals surface area contributed by atoms with Crippen molar-refractivity contribution >= 4 is 44.9 Å². The Hall–Kier alpha value is -1.48. The Kier molecular flexibility index (Phi) is 6.06. The van der Waals surface area contributed by atoms with Crippen molar-refractivity contribution in [2.45, 2.75) is 13.3 Å². The first-order valence-electron chi connectivity index (χ1n) is 8.20. The standard InChI is InChI=1S/C16H21ClN4O3S/c1-10-11-13(21-6-3-4-18-5-7-21)19-16(17)20-14(11)25-12(10)15(22)24-9-8-23-2/h18H,3-9H2,1-2H3. The fourth-order valence-corrected chi connectivity index (χ4v) is 4.14. The highest BCUT2D eigenvalue weighted by molar-refractivity contribution is 7.20. The van der Waals surface area contributed by atoms with Crippen LogP contribution in [0.15, 0.2) is 0 Å². The molecule has 1 aliphatic heterocycles. The largest absolute Gasteiger partial charge is 0.459 e. The van der Waals surface area contributed by atoms with Crippen molar-refractivity contribution in [2.75, 3.05) is 51.4 Å². The summed E-state index contributed by atoms with van der Waals surface area (Å²) in [6.07, 6.45) is 1.03. The molecule has 9 heteroatoms. The van der Waals surface area contributed by atoms with Crippen LogP contribution in [0.1, 0.15) is 21.7 Å². The van der Waals surface area contributed by atoms with Crippen LogP contribution in [0.5, 0.6) is 0 Å².